The Kier molecular flexibility index (Phi) is 4.48. The van der Waals surface area contributed by atoms with E-state index in [9.17, 15) is 0 Å². The zero-order chi connectivity index (χ0) is 26.2. The summed E-state index contributed by atoms with van der Waals surface area (Å²) < 4.78 is 2.34. The van der Waals surface area contributed by atoms with E-state index in [0.29, 0.717) is 5.95 Å². The lowest BCUT2D eigenvalue weighted by atomic mass is 9.90. The number of rotatable bonds is 2. The molecule has 0 unspecified atom stereocenters. The van der Waals surface area contributed by atoms with E-state index >= 15 is 0 Å². The van der Waals surface area contributed by atoms with Gasteiger partial charge >= 0.3 is 0 Å². The van der Waals surface area contributed by atoms with Gasteiger partial charge in [-0.2, -0.15) is 0 Å². The van der Waals surface area contributed by atoms with E-state index in [2.05, 4.69) is 132 Å². The van der Waals surface area contributed by atoms with Gasteiger partial charge in [-0.25, -0.2) is 9.97 Å². The molecule has 186 valence electrons. The van der Waals surface area contributed by atoms with Crippen LogP contribution in [0.5, 0.6) is 0 Å². The Bertz CT molecular complexity index is 2280. The number of fused-ring (bicyclic) bond motifs is 6. The highest BCUT2D eigenvalue weighted by atomic mass is 32.1. The molecule has 0 N–H and O–H groups in total. The first-order chi connectivity index (χ1) is 19.8. The van der Waals surface area contributed by atoms with Crippen LogP contribution < -0.4 is 4.90 Å². The molecule has 0 bridgehead atoms. The van der Waals surface area contributed by atoms with E-state index in [1.165, 1.54) is 37.4 Å². The van der Waals surface area contributed by atoms with Gasteiger partial charge in [0.25, 0.3) is 0 Å². The van der Waals surface area contributed by atoms with Crippen LogP contribution in [0.25, 0.3) is 64.2 Å². The predicted molar refractivity (Wildman–Crippen MR) is 169 cm³/mol. The van der Waals surface area contributed by atoms with Gasteiger partial charge in [-0.15, -0.1) is 11.3 Å². The van der Waals surface area contributed by atoms with Crippen molar-refractivity contribution in [3.63, 3.8) is 0 Å². The van der Waals surface area contributed by atoms with E-state index in [4.69, 9.17) is 9.97 Å². The molecule has 0 fully saturated rings. The summed E-state index contributed by atoms with van der Waals surface area (Å²) in [4.78, 5) is 13.0. The summed E-state index contributed by atoms with van der Waals surface area (Å²) in [6, 6.07) is 45.3. The maximum absolute atomic E-state index is 5.35. The summed E-state index contributed by atoms with van der Waals surface area (Å²) >= 11 is 1.77. The van der Waals surface area contributed by atoms with Gasteiger partial charge in [-0.05, 0) is 46.0 Å². The molecule has 0 amide bonds. The second-order valence-corrected chi connectivity index (χ2v) is 11.3. The van der Waals surface area contributed by atoms with Gasteiger partial charge in [-0.3, -0.25) is 4.90 Å². The minimum Gasteiger partial charge on any atom is -0.278 e. The predicted octanol–water partition coefficient (Wildman–Crippen LogP) is 10.3. The van der Waals surface area contributed by atoms with Crippen molar-refractivity contribution >= 4 is 70.5 Å². The number of nitrogens with zero attached hydrogens (tertiary/aromatic N) is 3. The zero-order valence-electron chi connectivity index (χ0n) is 21.4. The maximum Gasteiger partial charge on any atom is 0.235 e. The Morgan fingerprint density at radius 1 is 0.550 bits per heavy atom. The molecule has 9 rings (SSSR count). The summed E-state index contributed by atoms with van der Waals surface area (Å²) in [7, 11) is 0. The highest BCUT2D eigenvalue weighted by Gasteiger charge is 2.29. The van der Waals surface area contributed by atoms with Crippen molar-refractivity contribution < 1.29 is 0 Å². The minimum absolute atomic E-state index is 0.688. The Morgan fingerprint density at radius 2 is 1.27 bits per heavy atom. The molecule has 1 aliphatic heterocycles. The van der Waals surface area contributed by atoms with E-state index in [-0.39, 0.29) is 0 Å². The van der Waals surface area contributed by atoms with E-state index in [1.54, 1.807) is 11.3 Å². The third-order valence-electron chi connectivity index (χ3n) is 7.97. The fourth-order valence-corrected chi connectivity index (χ4v) is 7.33. The number of hydrogen-bond acceptors (Lipinski definition) is 4. The molecule has 0 atom stereocenters. The van der Waals surface area contributed by atoms with Crippen LogP contribution in [-0.4, -0.2) is 9.97 Å². The fourth-order valence-electron chi connectivity index (χ4n) is 6.18. The summed E-state index contributed by atoms with van der Waals surface area (Å²) in [5.41, 5.74) is 7.71. The lowest BCUT2D eigenvalue weighted by Gasteiger charge is -2.32. The summed E-state index contributed by atoms with van der Waals surface area (Å²) in [6.07, 6.45) is 0. The number of aromatic nitrogens is 2. The molecule has 0 aliphatic carbocycles. The lowest BCUT2D eigenvalue weighted by Crippen LogP contribution is -2.18. The molecule has 3 nitrogen and oxygen atoms in total. The topological polar surface area (TPSA) is 29.0 Å². The van der Waals surface area contributed by atoms with Gasteiger partial charge in [0.2, 0.25) is 5.95 Å². The van der Waals surface area contributed by atoms with E-state index in [1.807, 2.05) is 0 Å². The molecule has 0 spiro atoms. The quantitative estimate of drug-likeness (QED) is 0.224. The van der Waals surface area contributed by atoms with Crippen LogP contribution in [0.2, 0.25) is 0 Å². The van der Waals surface area contributed by atoms with Crippen molar-refractivity contribution in [2.45, 2.75) is 0 Å². The van der Waals surface area contributed by atoms with Gasteiger partial charge in [0.05, 0.1) is 27.3 Å². The molecular formula is C36H21N3S. The molecular weight excluding hydrogens is 506 g/mol. The van der Waals surface area contributed by atoms with Gasteiger partial charge in [0, 0.05) is 26.6 Å². The molecule has 0 radical (unpaired) electrons. The van der Waals surface area contributed by atoms with E-state index in [0.717, 1.165) is 38.2 Å². The van der Waals surface area contributed by atoms with Crippen LogP contribution in [0.1, 0.15) is 0 Å². The molecule has 4 heteroatoms. The number of thiophene rings is 1. The number of hydrogen-bond donors (Lipinski definition) is 0. The molecule has 2 aromatic heterocycles. The second kappa shape index (κ2) is 8.22. The van der Waals surface area contributed by atoms with Crippen molar-refractivity contribution in [3.8, 4) is 22.4 Å². The number of benzene rings is 6. The first kappa shape index (κ1) is 21.8. The normalized spacial score (nSPS) is 12.4. The Balaban J connectivity index is 1.43. The maximum atomic E-state index is 5.35. The van der Waals surface area contributed by atoms with Crippen LogP contribution in [0.15, 0.2) is 127 Å². The van der Waals surface area contributed by atoms with Crippen LogP contribution in [0, 0.1) is 0 Å². The van der Waals surface area contributed by atoms with Gasteiger partial charge in [-0.1, -0.05) is 103 Å². The first-order valence-corrected chi connectivity index (χ1v) is 14.2. The average molecular weight is 528 g/mol. The largest absolute Gasteiger partial charge is 0.278 e. The Morgan fingerprint density at radius 3 is 2.15 bits per heavy atom. The zero-order valence-corrected chi connectivity index (χ0v) is 22.2. The average Bonchev–Trinajstić information content (AvgIpc) is 3.39. The third kappa shape index (κ3) is 3.05. The highest BCUT2D eigenvalue weighted by molar-refractivity contribution is 7.26. The standard InChI is InChI=1S/C36H21N3S/c1-2-10-23(11-3-1)33-35-34(27-16-6-7-19-31(27)40-35)38-36(37-33)39-29-18-9-15-22-14-8-17-26(32(22)29)28-20-24-12-4-5-13-25(24)21-30(28)39/h1-21H. The summed E-state index contributed by atoms with van der Waals surface area (Å²) in [5.74, 6) is 0.688. The van der Waals surface area contributed by atoms with Gasteiger partial charge < -0.3 is 0 Å². The minimum atomic E-state index is 0.688. The van der Waals surface area contributed by atoms with Crippen LogP contribution in [-0.2, 0) is 0 Å². The molecule has 40 heavy (non-hydrogen) atoms. The molecule has 3 heterocycles. The number of anilines is 3. The van der Waals surface area contributed by atoms with Crippen LogP contribution >= 0.6 is 11.3 Å². The summed E-state index contributed by atoms with van der Waals surface area (Å²) in [5, 5.41) is 6.03. The van der Waals surface area contributed by atoms with Crippen molar-refractivity contribution in [3.05, 3.63) is 127 Å². The fraction of sp³-hybridized carbons (Fsp3) is 0. The summed E-state index contributed by atoms with van der Waals surface area (Å²) in [6.45, 7) is 0. The van der Waals surface area contributed by atoms with Crippen molar-refractivity contribution in [1.29, 1.82) is 0 Å². The van der Waals surface area contributed by atoms with Crippen molar-refractivity contribution in [1.82, 2.24) is 9.97 Å². The van der Waals surface area contributed by atoms with E-state index < -0.39 is 0 Å². The Hall–Kier alpha value is -5.06. The van der Waals surface area contributed by atoms with Gasteiger partial charge in [0.1, 0.15) is 0 Å². The second-order valence-electron chi connectivity index (χ2n) is 10.2. The van der Waals surface area contributed by atoms with Crippen molar-refractivity contribution in [2.24, 2.45) is 0 Å². The first-order valence-electron chi connectivity index (χ1n) is 13.4. The SMILES string of the molecule is c1ccc(-c2nc(N3c4cc5ccccc5cc4-c4cccc5cccc3c45)nc3c2sc2ccccc23)cc1. The third-order valence-corrected chi connectivity index (χ3v) is 9.14. The highest BCUT2D eigenvalue weighted by Crippen LogP contribution is 2.52. The lowest BCUT2D eigenvalue weighted by molar-refractivity contribution is 1.12. The molecule has 0 saturated heterocycles. The smallest absolute Gasteiger partial charge is 0.235 e. The molecule has 0 saturated carbocycles. The molecule has 1 aliphatic rings. The monoisotopic (exact) mass is 527 g/mol. The van der Waals surface area contributed by atoms with Crippen LogP contribution in [0.4, 0.5) is 17.3 Å². The Labute approximate surface area is 234 Å². The molecule has 8 aromatic rings. The van der Waals surface area contributed by atoms with Crippen LogP contribution in [0.3, 0.4) is 0 Å². The van der Waals surface area contributed by atoms with Gasteiger partial charge in [0.15, 0.2) is 0 Å². The van der Waals surface area contributed by atoms with Crippen molar-refractivity contribution in [2.75, 3.05) is 4.90 Å². The molecule has 6 aromatic carbocycles.